The number of nitrogens with one attached hydrogen (secondary N) is 1. The molecule has 4 saturated carbocycles. The molecule has 4 fully saturated rings. The van der Waals surface area contributed by atoms with Crippen LogP contribution in [0.4, 0.5) is 0 Å². The van der Waals surface area contributed by atoms with E-state index in [2.05, 4.69) is 5.32 Å². The molecule has 0 aromatic carbocycles. The highest BCUT2D eigenvalue weighted by molar-refractivity contribution is 8.01. The first-order valence-corrected chi connectivity index (χ1v) is 9.12. The minimum absolute atomic E-state index is 0.146. The van der Waals surface area contributed by atoms with Crippen molar-refractivity contribution < 1.29 is 9.21 Å². The van der Waals surface area contributed by atoms with Crippen LogP contribution in [0.1, 0.15) is 44.3 Å². The Morgan fingerprint density at radius 1 is 1.24 bits per heavy atom. The highest BCUT2D eigenvalue weighted by Crippen LogP contribution is 2.60. The Morgan fingerprint density at radius 2 is 1.90 bits per heavy atom. The van der Waals surface area contributed by atoms with Gasteiger partial charge in [0, 0.05) is 4.75 Å². The van der Waals surface area contributed by atoms with E-state index in [0.717, 1.165) is 23.5 Å². The lowest BCUT2D eigenvalue weighted by Gasteiger charge is -2.56. The Hall–Kier alpha value is -0.900. The zero-order chi connectivity index (χ0) is 14.3. The summed E-state index contributed by atoms with van der Waals surface area (Å²) in [6, 6.07) is 3.75. The highest BCUT2D eigenvalue weighted by atomic mass is 32.2. The van der Waals surface area contributed by atoms with Gasteiger partial charge in [-0.3, -0.25) is 4.79 Å². The standard InChI is InChI=1S/C17H23NO2S/c19-16(18-10-15-2-1-3-20-15)11-21-17-7-12-4-13(8-17)6-14(5-12)9-17/h1-3,12-14H,4-11H2,(H,18,19). The van der Waals surface area contributed by atoms with Gasteiger partial charge in [-0.15, -0.1) is 11.8 Å². The molecular weight excluding hydrogens is 282 g/mol. The smallest absolute Gasteiger partial charge is 0.230 e. The van der Waals surface area contributed by atoms with Crippen molar-refractivity contribution in [3.05, 3.63) is 24.2 Å². The lowest BCUT2D eigenvalue weighted by atomic mass is 9.56. The van der Waals surface area contributed by atoms with Gasteiger partial charge in [0.15, 0.2) is 0 Å². The molecule has 1 amide bonds. The lowest BCUT2D eigenvalue weighted by molar-refractivity contribution is -0.118. The fraction of sp³-hybridized carbons (Fsp3) is 0.706. The summed E-state index contributed by atoms with van der Waals surface area (Å²) in [4.78, 5) is 12.1. The van der Waals surface area contributed by atoms with Crippen LogP contribution in [0.2, 0.25) is 0 Å². The van der Waals surface area contributed by atoms with Crippen molar-refractivity contribution in [3.8, 4) is 0 Å². The summed E-state index contributed by atoms with van der Waals surface area (Å²) in [5, 5.41) is 2.96. The fourth-order valence-electron chi connectivity index (χ4n) is 5.08. The zero-order valence-electron chi connectivity index (χ0n) is 12.3. The van der Waals surface area contributed by atoms with Crippen molar-refractivity contribution in [2.24, 2.45) is 17.8 Å². The predicted molar refractivity (Wildman–Crippen MR) is 83.9 cm³/mol. The minimum atomic E-state index is 0.146. The molecule has 4 aliphatic carbocycles. The second kappa shape index (κ2) is 5.38. The van der Waals surface area contributed by atoms with Crippen LogP contribution in [0.25, 0.3) is 0 Å². The molecule has 1 heterocycles. The minimum Gasteiger partial charge on any atom is -0.467 e. The maximum Gasteiger partial charge on any atom is 0.230 e. The number of hydrogen-bond acceptors (Lipinski definition) is 3. The van der Waals surface area contributed by atoms with E-state index in [9.17, 15) is 4.79 Å². The Morgan fingerprint density at radius 3 is 2.48 bits per heavy atom. The van der Waals surface area contributed by atoms with E-state index in [4.69, 9.17) is 4.42 Å². The summed E-state index contributed by atoms with van der Waals surface area (Å²) in [6.45, 7) is 0.507. The number of furan rings is 1. The van der Waals surface area contributed by atoms with Gasteiger partial charge >= 0.3 is 0 Å². The molecule has 0 saturated heterocycles. The molecule has 5 rings (SSSR count). The fourth-order valence-corrected chi connectivity index (χ4v) is 6.68. The number of amides is 1. The molecular formula is C17H23NO2S. The van der Waals surface area contributed by atoms with Crippen molar-refractivity contribution in [1.82, 2.24) is 5.32 Å². The highest BCUT2D eigenvalue weighted by Gasteiger charge is 2.51. The molecule has 21 heavy (non-hydrogen) atoms. The van der Waals surface area contributed by atoms with Gasteiger partial charge < -0.3 is 9.73 Å². The molecule has 4 aliphatic rings. The Labute approximate surface area is 130 Å². The molecule has 0 spiro atoms. The van der Waals surface area contributed by atoms with Crippen LogP contribution in [0, 0.1) is 17.8 Å². The van der Waals surface area contributed by atoms with Crippen LogP contribution in [0.15, 0.2) is 22.8 Å². The molecule has 3 nitrogen and oxygen atoms in total. The van der Waals surface area contributed by atoms with Gasteiger partial charge in [-0.1, -0.05) is 0 Å². The second-order valence-electron chi connectivity index (χ2n) is 7.25. The van der Waals surface area contributed by atoms with Crippen LogP contribution >= 0.6 is 11.8 Å². The molecule has 0 unspecified atom stereocenters. The van der Waals surface area contributed by atoms with Crippen molar-refractivity contribution in [2.75, 3.05) is 5.75 Å². The van der Waals surface area contributed by atoms with Gasteiger partial charge in [0.1, 0.15) is 5.76 Å². The summed E-state index contributed by atoms with van der Waals surface area (Å²) in [6.07, 6.45) is 10.1. The van der Waals surface area contributed by atoms with E-state index in [1.807, 2.05) is 23.9 Å². The maximum absolute atomic E-state index is 12.1. The third-order valence-corrected chi connectivity index (χ3v) is 7.05. The summed E-state index contributed by atoms with van der Waals surface area (Å²) < 4.78 is 5.67. The number of thioether (sulfide) groups is 1. The number of rotatable bonds is 5. The molecule has 4 bridgehead atoms. The number of hydrogen-bond donors (Lipinski definition) is 1. The SMILES string of the molecule is O=C(CSC12CC3CC(CC(C3)C1)C2)NCc1ccco1. The second-order valence-corrected chi connectivity index (χ2v) is 8.69. The molecule has 0 atom stereocenters. The summed E-state index contributed by atoms with van der Waals surface area (Å²) >= 11 is 1.94. The maximum atomic E-state index is 12.1. The molecule has 114 valence electrons. The quantitative estimate of drug-likeness (QED) is 0.904. The monoisotopic (exact) mass is 305 g/mol. The topological polar surface area (TPSA) is 42.2 Å². The van der Waals surface area contributed by atoms with Crippen LogP contribution < -0.4 is 5.32 Å². The Kier molecular flexibility index (Phi) is 3.52. The van der Waals surface area contributed by atoms with Gasteiger partial charge in [-0.25, -0.2) is 0 Å². The molecule has 4 heteroatoms. The molecule has 1 N–H and O–H groups in total. The van der Waals surface area contributed by atoms with Crippen LogP contribution in [-0.4, -0.2) is 16.4 Å². The van der Waals surface area contributed by atoms with Gasteiger partial charge in [0.2, 0.25) is 5.91 Å². The van der Waals surface area contributed by atoms with Gasteiger partial charge in [-0.05, 0) is 68.4 Å². The summed E-state index contributed by atoms with van der Waals surface area (Å²) in [5.74, 6) is 4.43. The van der Waals surface area contributed by atoms with E-state index in [1.165, 1.54) is 38.5 Å². The largest absolute Gasteiger partial charge is 0.467 e. The molecule has 0 radical (unpaired) electrons. The van der Waals surface area contributed by atoms with Gasteiger partial charge in [0.05, 0.1) is 18.6 Å². The van der Waals surface area contributed by atoms with Crippen molar-refractivity contribution in [2.45, 2.75) is 49.8 Å². The first kappa shape index (κ1) is 13.7. The normalized spacial score (nSPS) is 36.9. The van der Waals surface area contributed by atoms with Gasteiger partial charge in [-0.2, -0.15) is 0 Å². The van der Waals surface area contributed by atoms with E-state index >= 15 is 0 Å². The lowest BCUT2D eigenvalue weighted by Crippen LogP contribution is -2.49. The zero-order valence-corrected chi connectivity index (χ0v) is 13.2. The van der Waals surface area contributed by atoms with Crippen molar-refractivity contribution >= 4 is 17.7 Å². The first-order chi connectivity index (χ1) is 10.2. The van der Waals surface area contributed by atoms with Crippen molar-refractivity contribution in [1.29, 1.82) is 0 Å². The van der Waals surface area contributed by atoms with E-state index < -0.39 is 0 Å². The molecule has 0 aliphatic heterocycles. The van der Waals surface area contributed by atoms with E-state index in [-0.39, 0.29) is 5.91 Å². The van der Waals surface area contributed by atoms with Crippen LogP contribution in [0.5, 0.6) is 0 Å². The summed E-state index contributed by atoms with van der Waals surface area (Å²) in [5.41, 5.74) is 0. The number of carbonyl (C=O) groups excluding carboxylic acids is 1. The number of carbonyl (C=O) groups is 1. The average molecular weight is 305 g/mol. The third-order valence-electron chi connectivity index (χ3n) is 5.53. The van der Waals surface area contributed by atoms with Crippen LogP contribution in [0.3, 0.4) is 0 Å². The molecule has 1 aromatic heterocycles. The molecule has 1 aromatic rings. The average Bonchev–Trinajstić information content (AvgIpc) is 2.95. The summed E-state index contributed by atoms with van der Waals surface area (Å²) in [7, 11) is 0. The Balaban J connectivity index is 1.29. The van der Waals surface area contributed by atoms with E-state index in [1.54, 1.807) is 6.26 Å². The predicted octanol–water partition coefficient (Wildman–Crippen LogP) is 3.60. The van der Waals surface area contributed by atoms with Gasteiger partial charge in [0.25, 0.3) is 0 Å². The van der Waals surface area contributed by atoms with Crippen molar-refractivity contribution in [3.63, 3.8) is 0 Å². The first-order valence-electron chi connectivity index (χ1n) is 8.14. The Bertz CT molecular complexity index is 476. The van der Waals surface area contributed by atoms with Crippen LogP contribution in [-0.2, 0) is 11.3 Å². The third kappa shape index (κ3) is 2.87. The van der Waals surface area contributed by atoms with E-state index in [0.29, 0.717) is 17.0 Å².